The van der Waals surface area contributed by atoms with Crippen molar-refractivity contribution in [3.05, 3.63) is 0 Å². The van der Waals surface area contributed by atoms with Crippen molar-refractivity contribution in [1.29, 1.82) is 0 Å². The van der Waals surface area contributed by atoms with Gasteiger partial charge >= 0.3 is 5.97 Å². The molecule has 2 fully saturated rings. The standard InChI is InChI=1S/C10H17NO2/c1-2-13-10(12)8-6-3-4-7(5-6)9(8)11/h6-9H,2-5,11H2,1H3/t6-,7-,8?,9?/m1/s1. The van der Waals surface area contributed by atoms with E-state index in [1.54, 1.807) is 0 Å². The zero-order chi connectivity index (χ0) is 9.42. The highest BCUT2D eigenvalue weighted by Gasteiger charge is 2.49. The Morgan fingerprint density at radius 2 is 2.15 bits per heavy atom. The predicted molar refractivity (Wildman–Crippen MR) is 48.9 cm³/mol. The molecule has 2 saturated carbocycles. The van der Waals surface area contributed by atoms with Crippen LogP contribution in [0.1, 0.15) is 26.2 Å². The fraction of sp³-hybridized carbons (Fsp3) is 0.900. The lowest BCUT2D eigenvalue weighted by atomic mass is 9.85. The van der Waals surface area contributed by atoms with E-state index in [1.165, 1.54) is 12.8 Å². The minimum atomic E-state index is -0.0674. The fourth-order valence-electron chi connectivity index (χ4n) is 2.92. The number of hydrogen-bond donors (Lipinski definition) is 1. The Morgan fingerprint density at radius 3 is 2.69 bits per heavy atom. The molecule has 2 unspecified atom stereocenters. The lowest BCUT2D eigenvalue weighted by Crippen LogP contribution is -2.41. The van der Waals surface area contributed by atoms with Gasteiger partial charge in [0, 0.05) is 6.04 Å². The van der Waals surface area contributed by atoms with E-state index in [1.807, 2.05) is 6.92 Å². The second-order valence-corrected chi connectivity index (χ2v) is 4.19. The SMILES string of the molecule is CCOC(=O)C1C(N)[C@@H]2CC[C@@H]1C2. The maximum Gasteiger partial charge on any atom is 0.310 e. The molecule has 0 amide bonds. The highest BCUT2D eigenvalue weighted by molar-refractivity contribution is 5.74. The molecule has 0 aromatic rings. The summed E-state index contributed by atoms with van der Waals surface area (Å²) in [5, 5.41) is 0. The van der Waals surface area contributed by atoms with Gasteiger partial charge in [-0.1, -0.05) is 0 Å². The molecule has 0 heterocycles. The smallest absolute Gasteiger partial charge is 0.310 e. The van der Waals surface area contributed by atoms with E-state index in [2.05, 4.69) is 0 Å². The van der Waals surface area contributed by atoms with Gasteiger partial charge < -0.3 is 10.5 Å². The summed E-state index contributed by atoms with van der Waals surface area (Å²) in [6.45, 7) is 2.32. The zero-order valence-electron chi connectivity index (χ0n) is 8.03. The van der Waals surface area contributed by atoms with Crippen molar-refractivity contribution in [3.63, 3.8) is 0 Å². The molecule has 2 bridgehead atoms. The van der Waals surface area contributed by atoms with E-state index in [4.69, 9.17) is 10.5 Å². The first-order valence-electron chi connectivity index (χ1n) is 5.16. The Morgan fingerprint density at radius 1 is 1.46 bits per heavy atom. The molecule has 0 aromatic heterocycles. The number of hydrogen-bond acceptors (Lipinski definition) is 3. The second kappa shape index (κ2) is 3.29. The van der Waals surface area contributed by atoms with Gasteiger partial charge in [-0.2, -0.15) is 0 Å². The van der Waals surface area contributed by atoms with Gasteiger partial charge in [0.15, 0.2) is 0 Å². The summed E-state index contributed by atoms with van der Waals surface area (Å²) in [5.41, 5.74) is 5.99. The largest absolute Gasteiger partial charge is 0.466 e. The number of carbonyl (C=O) groups is 1. The first kappa shape index (κ1) is 9.00. The van der Waals surface area contributed by atoms with Crippen LogP contribution in [-0.4, -0.2) is 18.6 Å². The average Bonchev–Trinajstić information content (AvgIpc) is 2.63. The van der Waals surface area contributed by atoms with Gasteiger partial charge in [0.2, 0.25) is 0 Å². The molecule has 3 nitrogen and oxygen atoms in total. The molecule has 2 aliphatic rings. The number of carbonyl (C=O) groups excluding carboxylic acids is 1. The van der Waals surface area contributed by atoms with Gasteiger partial charge in [-0.25, -0.2) is 0 Å². The Labute approximate surface area is 78.6 Å². The molecular weight excluding hydrogens is 166 g/mol. The molecule has 2 aliphatic carbocycles. The summed E-state index contributed by atoms with van der Waals surface area (Å²) in [7, 11) is 0. The van der Waals surface area contributed by atoms with E-state index in [0.29, 0.717) is 18.4 Å². The lowest BCUT2D eigenvalue weighted by molar-refractivity contribution is -0.150. The summed E-state index contributed by atoms with van der Waals surface area (Å²) >= 11 is 0. The molecular formula is C10H17NO2. The molecule has 0 saturated heterocycles. The molecule has 13 heavy (non-hydrogen) atoms. The topological polar surface area (TPSA) is 52.3 Å². The van der Waals surface area contributed by atoms with Gasteiger partial charge in [0.1, 0.15) is 0 Å². The molecule has 4 atom stereocenters. The quantitative estimate of drug-likeness (QED) is 0.648. The summed E-state index contributed by atoms with van der Waals surface area (Å²) in [6.07, 6.45) is 3.52. The van der Waals surface area contributed by atoms with Crippen molar-refractivity contribution < 1.29 is 9.53 Å². The van der Waals surface area contributed by atoms with Crippen molar-refractivity contribution in [2.75, 3.05) is 6.61 Å². The minimum absolute atomic E-state index is 0.00120. The first-order valence-corrected chi connectivity index (χ1v) is 5.16. The van der Waals surface area contributed by atoms with E-state index >= 15 is 0 Å². The van der Waals surface area contributed by atoms with Crippen molar-refractivity contribution in [1.82, 2.24) is 0 Å². The molecule has 2 rings (SSSR count). The van der Waals surface area contributed by atoms with E-state index in [-0.39, 0.29) is 17.9 Å². The lowest BCUT2D eigenvalue weighted by Gasteiger charge is -2.25. The molecule has 0 aliphatic heterocycles. The molecule has 2 N–H and O–H groups in total. The maximum atomic E-state index is 11.5. The molecule has 3 heteroatoms. The third kappa shape index (κ3) is 1.35. The van der Waals surface area contributed by atoms with Gasteiger partial charge in [0.05, 0.1) is 12.5 Å². The normalized spacial score (nSPS) is 42.3. The third-order valence-electron chi connectivity index (χ3n) is 3.54. The zero-order valence-corrected chi connectivity index (χ0v) is 8.03. The number of rotatable bonds is 2. The van der Waals surface area contributed by atoms with Gasteiger partial charge in [-0.3, -0.25) is 4.79 Å². The Hall–Kier alpha value is -0.570. The van der Waals surface area contributed by atoms with Crippen LogP contribution in [0, 0.1) is 17.8 Å². The number of esters is 1. The number of fused-ring (bicyclic) bond motifs is 2. The molecule has 74 valence electrons. The van der Waals surface area contributed by atoms with Gasteiger partial charge in [-0.05, 0) is 38.0 Å². The first-order chi connectivity index (χ1) is 6.24. The van der Waals surface area contributed by atoms with E-state index < -0.39 is 0 Å². The predicted octanol–water partition coefficient (Wildman–Crippen LogP) is 0.923. The van der Waals surface area contributed by atoms with Crippen LogP contribution in [0.5, 0.6) is 0 Å². The van der Waals surface area contributed by atoms with Crippen molar-refractivity contribution in [2.24, 2.45) is 23.5 Å². The molecule has 0 aromatic carbocycles. The van der Waals surface area contributed by atoms with Crippen molar-refractivity contribution in [2.45, 2.75) is 32.2 Å². The Bertz CT molecular complexity index is 215. The van der Waals surface area contributed by atoms with Crippen LogP contribution in [0.3, 0.4) is 0 Å². The maximum absolute atomic E-state index is 11.5. The highest BCUT2D eigenvalue weighted by Crippen LogP contribution is 2.47. The Balaban J connectivity index is 2.03. The molecule has 0 spiro atoms. The molecule has 0 radical (unpaired) electrons. The summed E-state index contributed by atoms with van der Waals surface area (Å²) in [6, 6.07) is 0.0674. The van der Waals surface area contributed by atoms with Crippen LogP contribution in [0.2, 0.25) is 0 Å². The Kier molecular flexibility index (Phi) is 2.28. The van der Waals surface area contributed by atoms with Crippen LogP contribution in [-0.2, 0) is 9.53 Å². The van der Waals surface area contributed by atoms with Crippen molar-refractivity contribution in [3.8, 4) is 0 Å². The number of nitrogens with two attached hydrogens (primary N) is 1. The average molecular weight is 183 g/mol. The number of ether oxygens (including phenoxy) is 1. The van der Waals surface area contributed by atoms with Crippen LogP contribution in [0.4, 0.5) is 0 Å². The van der Waals surface area contributed by atoms with Crippen molar-refractivity contribution >= 4 is 5.97 Å². The summed E-state index contributed by atoms with van der Waals surface area (Å²) in [4.78, 5) is 11.5. The highest BCUT2D eigenvalue weighted by atomic mass is 16.5. The monoisotopic (exact) mass is 183 g/mol. The summed E-state index contributed by atoms with van der Waals surface area (Å²) < 4.78 is 5.03. The van der Waals surface area contributed by atoms with Crippen LogP contribution >= 0.6 is 0 Å². The summed E-state index contributed by atoms with van der Waals surface area (Å²) in [5.74, 6) is 1.03. The van der Waals surface area contributed by atoms with Crippen LogP contribution in [0.15, 0.2) is 0 Å². The van der Waals surface area contributed by atoms with Crippen LogP contribution < -0.4 is 5.73 Å². The van der Waals surface area contributed by atoms with E-state index in [9.17, 15) is 4.79 Å². The van der Waals surface area contributed by atoms with Gasteiger partial charge in [0.25, 0.3) is 0 Å². The minimum Gasteiger partial charge on any atom is -0.466 e. The third-order valence-corrected chi connectivity index (χ3v) is 3.54. The van der Waals surface area contributed by atoms with E-state index in [0.717, 1.165) is 6.42 Å². The van der Waals surface area contributed by atoms with Gasteiger partial charge in [-0.15, -0.1) is 0 Å². The second-order valence-electron chi connectivity index (χ2n) is 4.19. The fourth-order valence-corrected chi connectivity index (χ4v) is 2.92. The van der Waals surface area contributed by atoms with Crippen LogP contribution in [0.25, 0.3) is 0 Å².